The fraction of sp³-hybridized carbons (Fsp3) is 0.357. The summed E-state index contributed by atoms with van der Waals surface area (Å²) in [7, 11) is 1.61. The maximum atomic E-state index is 13.6. The van der Waals surface area contributed by atoms with Crippen molar-refractivity contribution in [2.45, 2.75) is 65.0 Å². The number of carbonyl (C=O) groups is 5. The third kappa shape index (κ3) is 7.19. The second-order valence-corrected chi connectivity index (χ2v) is 15.2. The van der Waals surface area contributed by atoms with Crippen LogP contribution in [0.1, 0.15) is 87.0 Å². The summed E-state index contributed by atoms with van der Waals surface area (Å²) in [6, 6.07) is 9.69. The van der Waals surface area contributed by atoms with Gasteiger partial charge in [-0.25, -0.2) is 14.6 Å². The number of methoxy groups -OCH3 is 1. The number of nitrogens with zero attached hydrogens (tertiary/aromatic N) is 6. The number of imide groups is 2. The number of piperidine rings is 1. The second-order valence-electron chi connectivity index (χ2n) is 15.2. The summed E-state index contributed by atoms with van der Waals surface area (Å²) in [4.78, 5) is 78.1. The highest BCUT2D eigenvalue weighted by Crippen LogP contribution is 2.43. The lowest BCUT2D eigenvalue weighted by Gasteiger charge is -2.27. The SMILES string of the molecule is CCn1nc(C2CC2)cc1Nc1nc(C(=O)NCCOCCNc2cccc3c2C(=O)N(C2CCC(=O)NC2=O)C3=O)nc2[nH]c3cc(-c4c(C)noc4C)c(OC)cc3c12. The molecule has 4 aromatic heterocycles. The molecule has 0 spiro atoms. The number of carbonyl (C=O) groups excluding carboxylic acids is 5. The van der Waals surface area contributed by atoms with Gasteiger partial charge in [0, 0.05) is 60.2 Å². The molecule has 19 heteroatoms. The predicted octanol–water partition coefficient (Wildman–Crippen LogP) is 4.49. The minimum Gasteiger partial charge on any atom is -0.496 e. The molecule has 3 aliphatic rings. The Balaban J connectivity index is 0.891. The molecule has 1 aliphatic carbocycles. The van der Waals surface area contributed by atoms with Gasteiger partial charge in [-0.1, -0.05) is 11.2 Å². The van der Waals surface area contributed by atoms with E-state index in [1.807, 2.05) is 43.7 Å². The van der Waals surface area contributed by atoms with E-state index in [0.717, 1.165) is 57.0 Å². The maximum Gasteiger partial charge on any atom is 0.289 e. The highest BCUT2D eigenvalue weighted by Gasteiger charge is 2.45. The van der Waals surface area contributed by atoms with Gasteiger partial charge < -0.3 is 34.9 Å². The van der Waals surface area contributed by atoms with Crippen molar-refractivity contribution in [1.82, 2.24) is 45.4 Å². The molecular weight excluding hydrogens is 787 g/mol. The molecule has 1 atom stereocenters. The summed E-state index contributed by atoms with van der Waals surface area (Å²) >= 11 is 0. The number of benzene rings is 2. The van der Waals surface area contributed by atoms with Crippen LogP contribution in [0, 0.1) is 13.8 Å². The number of anilines is 3. The minimum absolute atomic E-state index is 0.0348. The molecule has 9 rings (SSSR count). The zero-order chi connectivity index (χ0) is 42.5. The molecule has 2 fully saturated rings. The Hall–Kier alpha value is -7.15. The molecule has 6 aromatic rings. The zero-order valence-corrected chi connectivity index (χ0v) is 33.9. The van der Waals surface area contributed by atoms with Crippen LogP contribution in [0.4, 0.5) is 17.3 Å². The van der Waals surface area contributed by atoms with E-state index in [4.69, 9.17) is 24.1 Å². The van der Waals surface area contributed by atoms with Crippen molar-refractivity contribution in [1.29, 1.82) is 0 Å². The summed E-state index contributed by atoms with van der Waals surface area (Å²) in [6.45, 7) is 7.16. The average molecular weight is 830 g/mol. The van der Waals surface area contributed by atoms with E-state index in [0.29, 0.717) is 46.5 Å². The Labute approximate surface area is 347 Å². The van der Waals surface area contributed by atoms with Gasteiger partial charge in [-0.05, 0) is 64.3 Å². The Kier molecular flexibility index (Phi) is 10.2. The van der Waals surface area contributed by atoms with Crippen molar-refractivity contribution in [3.63, 3.8) is 0 Å². The Bertz CT molecular complexity index is 2760. The predicted molar refractivity (Wildman–Crippen MR) is 221 cm³/mol. The van der Waals surface area contributed by atoms with Gasteiger partial charge in [-0.2, -0.15) is 5.10 Å². The number of hydrogen-bond donors (Lipinski definition) is 5. The number of hydrogen-bond acceptors (Lipinski definition) is 14. The number of aryl methyl sites for hydroxylation is 3. The fourth-order valence-electron chi connectivity index (χ4n) is 8.06. The van der Waals surface area contributed by atoms with Gasteiger partial charge in [0.05, 0.1) is 53.8 Å². The molecule has 0 bridgehead atoms. The first kappa shape index (κ1) is 39.3. The van der Waals surface area contributed by atoms with Crippen LogP contribution in [0.2, 0.25) is 0 Å². The Morgan fingerprint density at radius 2 is 1.80 bits per heavy atom. The lowest BCUT2D eigenvalue weighted by atomic mass is 10.0. The van der Waals surface area contributed by atoms with Gasteiger partial charge in [0.2, 0.25) is 17.6 Å². The first-order chi connectivity index (χ1) is 29.5. The van der Waals surface area contributed by atoms with Gasteiger partial charge in [-0.3, -0.25) is 34.2 Å². The number of H-pyrrole nitrogens is 1. The second kappa shape index (κ2) is 15.8. The summed E-state index contributed by atoms with van der Waals surface area (Å²) in [5.74, 6) is -0.0121. The highest BCUT2D eigenvalue weighted by molar-refractivity contribution is 6.25. The largest absolute Gasteiger partial charge is 0.496 e. The van der Waals surface area contributed by atoms with Crippen LogP contribution in [-0.4, -0.2) is 104 Å². The molecule has 5 N–H and O–H groups in total. The molecule has 19 nitrogen and oxygen atoms in total. The van der Waals surface area contributed by atoms with Gasteiger partial charge in [0.1, 0.15) is 34.8 Å². The molecule has 5 amide bonds. The van der Waals surface area contributed by atoms with Gasteiger partial charge in [-0.15, -0.1) is 0 Å². The van der Waals surface area contributed by atoms with Crippen molar-refractivity contribution < 1.29 is 38.0 Å². The van der Waals surface area contributed by atoms with Crippen molar-refractivity contribution in [2.24, 2.45) is 0 Å². The van der Waals surface area contributed by atoms with Crippen LogP contribution in [-0.2, 0) is 20.9 Å². The van der Waals surface area contributed by atoms with Crippen molar-refractivity contribution in [3.8, 4) is 16.9 Å². The fourth-order valence-corrected chi connectivity index (χ4v) is 8.06. The first-order valence-corrected chi connectivity index (χ1v) is 20.2. The van der Waals surface area contributed by atoms with Crippen LogP contribution in [0.5, 0.6) is 5.75 Å². The van der Waals surface area contributed by atoms with E-state index in [1.54, 1.807) is 19.2 Å². The first-order valence-electron chi connectivity index (χ1n) is 20.2. The smallest absolute Gasteiger partial charge is 0.289 e. The number of nitrogens with one attached hydrogen (secondary N) is 5. The standard InChI is InChI=1S/C42H43N11O8/c1-5-52-31(19-27(50-52)22-9-10-22)46-37-35-24-18-30(59-4)25(33-20(2)51-61-21(33)3)17-28(24)45-36(35)48-38(49-37)40(56)44-14-16-60-15-13-43-26-8-6-7-23-34(26)42(58)53(41(23)57)29-11-12-32(54)47-39(29)55/h6-8,17-19,22,29,43H,5,9-16H2,1-4H3,(H,44,56)(H,47,54,55)(H2,45,46,48,49). The molecule has 2 aromatic carbocycles. The number of rotatable bonds is 15. The van der Waals surface area contributed by atoms with Crippen molar-refractivity contribution in [2.75, 3.05) is 44.0 Å². The topological polar surface area (TPSA) is 241 Å². The van der Waals surface area contributed by atoms with Crippen LogP contribution in [0.15, 0.2) is 40.9 Å². The molecular formula is C42H43N11O8. The quantitative estimate of drug-likeness (QED) is 0.0708. The van der Waals surface area contributed by atoms with E-state index in [-0.39, 0.29) is 56.1 Å². The minimum atomic E-state index is -1.06. The summed E-state index contributed by atoms with van der Waals surface area (Å²) < 4.78 is 19.0. The van der Waals surface area contributed by atoms with E-state index in [2.05, 4.69) is 36.4 Å². The van der Waals surface area contributed by atoms with Crippen molar-refractivity contribution in [3.05, 3.63) is 70.5 Å². The van der Waals surface area contributed by atoms with Crippen LogP contribution in [0.25, 0.3) is 33.1 Å². The van der Waals surface area contributed by atoms with Crippen molar-refractivity contribution >= 4 is 68.8 Å². The number of aromatic nitrogens is 6. The molecule has 2 aliphatic heterocycles. The molecule has 61 heavy (non-hydrogen) atoms. The van der Waals surface area contributed by atoms with E-state index in [1.165, 1.54) is 6.07 Å². The van der Waals surface area contributed by atoms with E-state index >= 15 is 0 Å². The summed E-state index contributed by atoms with van der Waals surface area (Å²) in [5.41, 5.74) is 5.29. The Morgan fingerprint density at radius 3 is 2.54 bits per heavy atom. The van der Waals surface area contributed by atoms with Gasteiger partial charge >= 0.3 is 0 Å². The van der Waals surface area contributed by atoms with Crippen LogP contribution >= 0.6 is 0 Å². The third-order valence-corrected chi connectivity index (χ3v) is 11.2. The van der Waals surface area contributed by atoms with E-state index in [9.17, 15) is 24.0 Å². The highest BCUT2D eigenvalue weighted by atomic mass is 16.5. The average Bonchev–Trinajstić information content (AvgIpc) is 3.69. The Morgan fingerprint density at radius 1 is 0.984 bits per heavy atom. The van der Waals surface area contributed by atoms with Crippen LogP contribution < -0.4 is 26.0 Å². The summed E-state index contributed by atoms with van der Waals surface area (Å²) in [6.07, 6.45) is 2.30. The summed E-state index contributed by atoms with van der Waals surface area (Å²) in [5, 5.41) is 22.1. The molecule has 6 heterocycles. The van der Waals surface area contributed by atoms with E-state index < -0.39 is 35.6 Å². The molecule has 0 radical (unpaired) electrons. The maximum absolute atomic E-state index is 13.6. The zero-order valence-electron chi connectivity index (χ0n) is 33.9. The molecule has 1 saturated heterocycles. The molecule has 1 unspecified atom stereocenters. The number of ether oxygens (including phenoxy) is 2. The van der Waals surface area contributed by atoms with Crippen LogP contribution in [0.3, 0.4) is 0 Å². The van der Waals surface area contributed by atoms with Gasteiger partial charge in [0.25, 0.3) is 17.7 Å². The number of amides is 5. The number of aromatic amines is 1. The molecule has 314 valence electrons. The number of fused-ring (bicyclic) bond motifs is 4. The lowest BCUT2D eigenvalue weighted by Crippen LogP contribution is -2.54. The molecule has 1 saturated carbocycles. The third-order valence-electron chi connectivity index (χ3n) is 11.2. The van der Waals surface area contributed by atoms with Gasteiger partial charge in [0.15, 0.2) is 0 Å². The lowest BCUT2D eigenvalue weighted by molar-refractivity contribution is -0.136. The monoisotopic (exact) mass is 829 g/mol. The normalized spacial score (nSPS) is 16.4.